The van der Waals surface area contributed by atoms with Crippen molar-refractivity contribution in [3.63, 3.8) is 0 Å². The predicted octanol–water partition coefficient (Wildman–Crippen LogP) is 4.14. The highest BCUT2D eigenvalue weighted by Gasteiger charge is 2.31. The Morgan fingerprint density at radius 1 is 1.05 bits per heavy atom. The van der Waals surface area contributed by atoms with E-state index < -0.39 is 10.1 Å². The Labute approximate surface area is 221 Å². The number of carbonyl (C=O) groups excluding carboxylic acids is 1. The molecule has 1 atom stereocenters. The van der Waals surface area contributed by atoms with Gasteiger partial charge in [0.05, 0.1) is 11.0 Å². The van der Waals surface area contributed by atoms with Crippen LogP contribution in [-0.2, 0) is 21.5 Å². The molecule has 2 aliphatic rings. The molecular formula is C28H29N5O4S. The lowest BCUT2D eigenvalue weighted by Gasteiger charge is -2.17. The minimum Gasteiger partial charge on any atom is -0.381 e. The third-order valence-corrected chi connectivity index (χ3v) is 8.24. The standard InChI is InChI=1S/C28H29N5O4S/c34-19-33(23-8-9-23)28-30-26-13-10-24(16-27(26)31-28)37-38(35,36)25-11-6-21(7-12-25)29-22-14-15-32(18-22)17-20-4-2-1-3-5-20/h1-7,10-13,16,19,22-23,29H,8-9,14-15,17-18H2,(H,30,31). The van der Waals surface area contributed by atoms with E-state index in [4.69, 9.17) is 4.18 Å². The number of benzene rings is 3. The molecule has 0 spiro atoms. The number of likely N-dealkylation sites (tertiary alicyclic amines) is 1. The molecule has 1 aliphatic heterocycles. The van der Waals surface area contributed by atoms with Crippen LogP contribution >= 0.6 is 0 Å². The predicted molar refractivity (Wildman–Crippen MR) is 146 cm³/mol. The monoisotopic (exact) mass is 531 g/mol. The van der Waals surface area contributed by atoms with Crippen molar-refractivity contribution in [3.05, 3.63) is 78.4 Å². The van der Waals surface area contributed by atoms with Crippen LogP contribution in [0.4, 0.5) is 11.6 Å². The van der Waals surface area contributed by atoms with Crippen LogP contribution in [0.15, 0.2) is 77.7 Å². The number of hydrogen-bond acceptors (Lipinski definition) is 7. The first kappa shape index (κ1) is 24.4. The van der Waals surface area contributed by atoms with Gasteiger partial charge in [0.2, 0.25) is 12.4 Å². The minimum absolute atomic E-state index is 0.0730. The van der Waals surface area contributed by atoms with E-state index in [2.05, 4.69) is 44.5 Å². The molecule has 2 N–H and O–H groups in total. The smallest absolute Gasteiger partial charge is 0.339 e. The van der Waals surface area contributed by atoms with Gasteiger partial charge in [-0.25, -0.2) is 4.98 Å². The molecule has 1 aromatic heterocycles. The molecule has 3 aromatic carbocycles. The highest BCUT2D eigenvalue weighted by molar-refractivity contribution is 7.87. The van der Waals surface area contributed by atoms with Crippen LogP contribution in [-0.4, -0.2) is 54.9 Å². The van der Waals surface area contributed by atoms with Gasteiger partial charge in [0, 0.05) is 43.5 Å². The summed E-state index contributed by atoms with van der Waals surface area (Å²) in [5.41, 5.74) is 3.40. The number of nitrogens with one attached hydrogen (secondary N) is 2. The first-order chi connectivity index (χ1) is 18.5. The molecule has 1 amide bonds. The van der Waals surface area contributed by atoms with E-state index in [1.165, 1.54) is 5.56 Å². The fourth-order valence-corrected chi connectivity index (χ4v) is 5.79. The molecule has 1 aliphatic carbocycles. The van der Waals surface area contributed by atoms with Crippen LogP contribution in [0.2, 0.25) is 0 Å². The molecule has 196 valence electrons. The summed E-state index contributed by atoms with van der Waals surface area (Å²) < 4.78 is 31.3. The molecule has 0 bridgehead atoms. The number of rotatable bonds is 10. The Hall–Kier alpha value is -3.89. The normalized spacial score (nSPS) is 17.9. The van der Waals surface area contributed by atoms with Gasteiger partial charge < -0.3 is 14.5 Å². The highest BCUT2D eigenvalue weighted by atomic mass is 32.2. The Kier molecular flexibility index (Phi) is 6.50. The lowest BCUT2D eigenvalue weighted by molar-refractivity contribution is -0.107. The first-order valence-corrected chi connectivity index (χ1v) is 14.2. The number of carbonyl (C=O) groups is 1. The third kappa shape index (κ3) is 5.36. The van der Waals surface area contributed by atoms with Gasteiger partial charge in [-0.3, -0.25) is 14.6 Å². The van der Waals surface area contributed by atoms with Crippen LogP contribution in [0.3, 0.4) is 0 Å². The van der Waals surface area contributed by atoms with Crippen molar-refractivity contribution in [2.45, 2.75) is 42.8 Å². The van der Waals surface area contributed by atoms with Crippen molar-refractivity contribution in [1.29, 1.82) is 0 Å². The summed E-state index contributed by atoms with van der Waals surface area (Å²) >= 11 is 0. The number of nitrogens with zero attached hydrogens (tertiary/aromatic N) is 3. The first-order valence-electron chi connectivity index (χ1n) is 12.8. The van der Waals surface area contributed by atoms with E-state index in [9.17, 15) is 13.2 Å². The zero-order chi connectivity index (χ0) is 26.1. The van der Waals surface area contributed by atoms with Crippen molar-refractivity contribution in [3.8, 4) is 5.75 Å². The van der Waals surface area contributed by atoms with Crippen molar-refractivity contribution < 1.29 is 17.4 Å². The lowest BCUT2D eigenvalue weighted by atomic mass is 10.2. The number of hydrogen-bond donors (Lipinski definition) is 2. The minimum atomic E-state index is -4.03. The van der Waals surface area contributed by atoms with Crippen molar-refractivity contribution >= 4 is 39.2 Å². The fraction of sp³-hybridized carbons (Fsp3) is 0.286. The molecule has 0 radical (unpaired) electrons. The average Bonchev–Trinajstić information content (AvgIpc) is 3.51. The van der Waals surface area contributed by atoms with E-state index in [1.807, 2.05) is 6.07 Å². The van der Waals surface area contributed by atoms with E-state index >= 15 is 0 Å². The van der Waals surface area contributed by atoms with Crippen LogP contribution in [0.1, 0.15) is 24.8 Å². The van der Waals surface area contributed by atoms with Gasteiger partial charge in [-0.15, -0.1) is 0 Å². The largest absolute Gasteiger partial charge is 0.381 e. The van der Waals surface area contributed by atoms with Gasteiger partial charge in [0.15, 0.2) is 0 Å². The number of aromatic amines is 1. The van der Waals surface area contributed by atoms with Gasteiger partial charge in [-0.2, -0.15) is 8.42 Å². The maximum atomic E-state index is 12.9. The Balaban J connectivity index is 1.08. The van der Waals surface area contributed by atoms with Crippen molar-refractivity contribution in [1.82, 2.24) is 14.9 Å². The van der Waals surface area contributed by atoms with Crippen molar-refractivity contribution in [2.24, 2.45) is 0 Å². The number of imidazole rings is 1. The number of fused-ring (bicyclic) bond motifs is 1. The molecule has 6 rings (SSSR count). The number of aromatic nitrogens is 2. The SMILES string of the molecule is O=CN(c1nc2cc(OS(=O)(=O)c3ccc(NC4CCN(Cc5ccccc5)C4)cc3)ccc2[nH]1)C1CC1. The van der Waals surface area contributed by atoms with E-state index in [1.54, 1.807) is 47.4 Å². The fourth-order valence-electron chi connectivity index (χ4n) is 4.87. The van der Waals surface area contributed by atoms with Crippen molar-refractivity contribution in [2.75, 3.05) is 23.3 Å². The number of amides is 1. The summed E-state index contributed by atoms with van der Waals surface area (Å²) in [6.45, 7) is 2.87. The second kappa shape index (κ2) is 10.1. The molecule has 2 fully saturated rings. The second-order valence-corrected chi connectivity index (χ2v) is 11.4. The van der Waals surface area contributed by atoms with Gasteiger partial charge in [0.25, 0.3) is 0 Å². The summed E-state index contributed by atoms with van der Waals surface area (Å²) in [4.78, 5) is 23.1. The quantitative estimate of drug-likeness (QED) is 0.234. The molecule has 9 nitrogen and oxygen atoms in total. The molecule has 2 heterocycles. The summed E-state index contributed by atoms with van der Waals surface area (Å²) in [5.74, 6) is 0.609. The van der Waals surface area contributed by atoms with E-state index in [0.29, 0.717) is 23.0 Å². The zero-order valence-corrected chi connectivity index (χ0v) is 21.6. The molecule has 4 aromatic rings. The average molecular weight is 532 g/mol. The Morgan fingerprint density at radius 3 is 2.58 bits per heavy atom. The summed E-state index contributed by atoms with van der Waals surface area (Å²) in [6.07, 6.45) is 3.69. The van der Waals surface area contributed by atoms with E-state index in [0.717, 1.165) is 51.0 Å². The van der Waals surface area contributed by atoms with Gasteiger partial charge in [-0.1, -0.05) is 30.3 Å². The molecule has 38 heavy (non-hydrogen) atoms. The highest BCUT2D eigenvalue weighted by Crippen LogP contribution is 2.31. The van der Waals surface area contributed by atoms with E-state index in [-0.39, 0.29) is 16.7 Å². The Morgan fingerprint density at radius 2 is 1.84 bits per heavy atom. The molecular weight excluding hydrogens is 502 g/mol. The molecule has 10 heteroatoms. The van der Waals surface area contributed by atoms with Gasteiger partial charge in [-0.05, 0) is 61.2 Å². The topological polar surface area (TPSA) is 108 Å². The number of anilines is 2. The molecule has 1 unspecified atom stereocenters. The second-order valence-electron chi connectivity index (χ2n) is 9.90. The summed E-state index contributed by atoms with van der Waals surface area (Å²) in [5, 5.41) is 3.52. The summed E-state index contributed by atoms with van der Waals surface area (Å²) in [6, 6.07) is 22.4. The van der Waals surface area contributed by atoms with Crippen LogP contribution in [0, 0.1) is 0 Å². The maximum absolute atomic E-state index is 12.9. The van der Waals surface area contributed by atoms with Gasteiger partial charge in [0.1, 0.15) is 10.6 Å². The lowest BCUT2D eigenvalue weighted by Crippen LogP contribution is -2.25. The van der Waals surface area contributed by atoms with Crippen LogP contribution in [0.25, 0.3) is 11.0 Å². The number of H-pyrrole nitrogens is 1. The molecule has 1 saturated carbocycles. The zero-order valence-electron chi connectivity index (χ0n) is 20.8. The maximum Gasteiger partial charge on any atom is 0.339 e. The summed E-state index contributed by atoms with van der Waals surface area (Å²) in [7, 11) is -4.03. The molecule has 1 saturated heterocycles. The van der Waals surface area contributed by atoms with Crippen LogP contribution in [0.5, 0.6) is 5.75 Å². The Bertz CT molecular complexity index is 1530. The third-order valence-electron chi connectivity index (χ3n) is 6.98. The van der Waals surface area contributed by atoms with Gasteiger partial charge >= 0.3 is 10.1 Å². The van der Waals surface area contributed by atoms with Crippen LogP contribution < -0.4 is 14.4 Å².